The standard InChI is InChI=1S/C19H22N2O4/c1-12-15(13(2)25-21-12)8-9-18(22)20-11-19(3,23)17-10-14-6-4-5-7-16(14)24-17/h4-7,10,23H,8-9,11H2,1-3H3,(H,20,22)/t19-/m1/s1. The van der Waals surface area contributed by atoms with Crippen molar-refractivity contribution in [1.82, 2.24) is 10.5 Å². The number of para-hydroxylation sites is 1. The maximum atomic E-state index is 12.1. The molecular formula is C19H22N2O4. The molecule has 6 nitrogen and oxygen atoms in total. The second-order valence-electron chi connectivity index (χ2n) is 6.50. The van der Waals surface area contributed by atoms with Crippen LogP contribution in [-0.4, -0.2) is 22.7 Å². The van der Waals surface area contributed by atoms with E-state index in [1.165, 1.54) is 0 Å². The molecule has 0 unspecified atom stereocenters. The molecular weight excluding hydrogens is 320 g/mol. The number of rotatable bonds is 6. The summed E-state index contributed by atoms with van der Waals surface area (Å²) in [5.41, 5.74) is 1.19. The predicted octanol–water partition coefficient (Wildman–Crippen LogP) is 2.99. The number of furan rings is 1. The third-order valence-electron chi connectivity index (χ3n) is 4.37. The first-order valence-electron chi connectivity index (χ1n) is 8.27. The summed E-state index contributed by atoms with van der Waals surface area (Å²) < 4.78 is 10.8. The van der Waals surface area contributed by atoms with E-state index in [1.54, 1.807) is 13.0 Å². The quantitative estimate of drug-likeness (QED) is 0.719. The highest BCUT2D eigenvalue weighted by atomic mass is 16.5. The van der Waals surface area contributed by atoms with E-state index in [9.17, 15) is 9.90 Å². The molecule has 2 N–H and O–H groups in total. The van der Waals surface area contributed by atoms with Gasteiger partial charge in [-0.05, 0) is 39.3 Å². The SMILES string of the molecule is Cc1noc(C)c1CCC(=O)NC[C@@](C)(O)c1cc2ccccc2o1. The van der Waals surface area contributed by atoms with Gasteiger partial charge in [0.1, 0.15) is 22.7 Å². The Morgan fingerprint density at radius 3 is 2.76 bits per heavy atom. The van der Waals surface area contributed by atoms with E-state index in [2.05, 4.69) is 10.5 Å². The highest BCUT2D eigenvalue weighted by molar-refractivity contribution is 5.78. The van der Waals surface area contributed by atoms with Crippen molar-refractivity contribution in [3.8, 4) is 0 Å². The zero-order chi connectivity index (χ0) is 18.0. The number of hydrogen-bond donors (Lipinski definition) is 2. The topological polar surface area (TPSA) is 88.5 Å². The summed E-state index contributed by atoms with van der Waals surface area (Å²) in [5.74, 6) is 1.02. The minimum absolute atomic E-state index is 0.0766. The first kappa shape index (κ1) is 17.2. The van der Waals surface area contributed by atoms with E-state index in [-0.39, 0.29) is 12.5 Å². The van der Waals surface area contributed by atoms with Gasteiger partial charge in [0, 0.05) is 17.4 Å². The van der Waals surface area contributed by atoms with Gasteiger partial charge < -0.3 is 19.4 Å². The van der Waals surface area contributed by atoms with Crippen LogP contribution >= 0.6 is 0 Å². The lowest BCUT2D eigenvalue weighted by Gasteiger charge is -2.21. The minimum atomic E-state index is -1.28. The van der Waals surface area contributed by atoms with Gasteiger partial charge in [-0.3, -0.25) is 4.79 Å². The van der Waals surface area contributed by atoms with Gasteiger partial charge in [0.05, 0.1) is 12.2 Å². The molecule has 0 aliphatic rings. The Morgan fingerprint density at radius 2 is 2.08 bits per heavy atom. The smallest absolute Gasteiger partial charge is 0.220 e. The Labute approximate surface area is 145 Å². The third-order valence-corrected chi connectivity index (χ3v) is 4.37. The van der Waals surface area contributed by atoms with Gasteiger partial charge in [0.2, 0.25) is 5.91 Å². The van der Waals surface area contributed by atoms with E-state index >= 15 is 0 Å². The fourth-order valence-electron chi connectivity index (χ4n) is 2.79. The van der Waals surface area contributed by atoms with E-state index < -0.39 is 5.60 Å². The van der Waals surface area contributed by atoms with Crippen molar-refractivity contribution in [2.24, 2.45) is 0 Å². The van der Waals surface area contributed by atoms with E-state index in [0.29, 0.717) is 24.2 Å². The lowest BCUT2D eigenvalue weighted by molar-refractivity contribution is -0.122. The number of nitrogens with one attached hydrogen (secondary N) is 1. The highest BCUT2D eigenvalue weighted by Gasteiger charge is 2.28. The maximum absolute atomic E-state index is 12.1. The molecule has 0 saturated carbocycles. The number of carbonyl (C=O) groups excluding carboxylic acids is 1. The van der Waals surface area contributed by atoms with Gasteiger partial charge in [-0.15, -0.1) is 0 Å². The van der Waals surface area contributed by atoms with Gasteiger partial charge in [-0.1, -0.05) is 23.4 Å². The van der Waals surface area contributed by atoms with Crippen LogP contribution in [0.2, 0.25) is 0 Å². The lowest BCUT2D eigenvalue weighted by atomic mass is 10.0. The van der Waals surface area contributed by atoms with Crippen LogP contribution in [0.3, 0.4) is 0 Å². The summed E-state index contributed by atoms with van der Waals surface area (Å²) in [4.78, 5) is 12.1. The van der Waals surface area contributed by atoms with Crippen LogP contribution in [0.5, 0.6) is 0 Å². The van der Waals surface area contributed by atoms with Gasteiger partial charge >= 0.3 is 0 Å². The largest absolute Gasteiger partial charge is 0.458 e. The lowest BCUT2D eigenvalue weighted by Crippen LogP contribution is -2.38. The first-order valence-corrected chi connectivity index (χ1v) is 8.27. The number of amides is 1. The van der Waals surface area contributed by atoms with Crippen LogP contribution < -0.4 is 5.32 Å². The first-order chi connectivity index (χ1) is 11.9. The van der Waals surface area contributed by atoms with Crippen LogP contribution in [0.4, 0.5) is 0 Å². The summed E-state index contributed by atoms with van der Waals surface area (Å²) in [6.45, 7) is 5.39. The number of aryl methyl sites for hydroxylation is 2. The highest BCUT2D eigenvalue weighted by Crippen LogP contribution is 2.27. The van der Waals surface area contributed by atoms with Gasteiger partial charge in [0.15, 0.2) is 0 Å². The van der Waals surface area contributed by atoms with Crippen LogP contribution in [-0.2, 0) is 16.8 Å². The number of fused-ring (bicyclic) bond motifs is 1. The molecule has 3 rings (SSSR count). The van der Waals surface area contributed by atoms with E-state index in [1.807, 2.05) is 38.1 Å². The molecule has 0 saturated heterocycles. The van der Waals surface area contributed by atoms with Crippen molar-refractivity contribution in [3.05, 3.63) is 53.1 Å². The number of nitrogens with zero attached hydrogens (tertiary/aromatic N) is 1. The van der Waals surface area contributed by atoms with Crippen molar-refractivity contribution in [3.63, 3.8) is 0 Å². The van der Waals surface area contributed by atoms with Crippen molar-refractivity contribution in [2.45, 2.75) is 39.2 Å². The van der Waals surface area contributed by atoms with Crippen LogP contribution in [0.25, 0.3) is 11.0 Å². The molecule has 1 atom stereocenters. The number of benzene rings is 1. The monoisotopic (exact) mass is 342 g/mol. The van der Waals surface area contributed by atoms with Crippen molar-refractivity contribution in [2.75, 3.05) is 6.54 Å². The van der Waals surface area contributed by atoms with Crippen molar-refractivity contribution < 1.29 is 18.8 Å². The number of carbonyl (C=O) groups is 1. The number of hydrogen-bond acceptors (Lipinski definition) is 5. The zero-order valence-corrected chi connectivity index (χ0v) is 14.6. The second-order valence-corrected chi connectivity index (χ2v) is 6.50. The number of aliphatic hydroxyl groups is 1. The molecule has 0 aliphatic carbocycles. The molecule has 1 aromatic carbocycles. The Balaban J connectivity index is 1.58. The summed E-state index contributed by atoms with van der Waals surface area (Å²) in [7, 11) is 0. The molecule has 1 amide bonds. The third kappa shape index (κ3) is 3.74. The van der Waals surface area contributed by atoms with Crippen LogP contribution in [0, 0.1) is 13.8 Å². The summed E-state index contributed by atoms with van der Waals surface area (Å²) in [6, 6.07) is 9.34. The molecule has 25 heavy (non-hydrogen) atoms. The van der Waals surface area contributed by atoms with Crippen LogP contribution in [0.15, 0.2) is 39.3 Å². The molecule has 0 radical (unpaired) electrons. The maximum Gasteiger partial charge on any atom is 0.220 e. The Kier molecular flexibility index (Phi) is 4.63. The van der Waals surface area contributed by atoms with E-state index in [0.717, 1.165) is 22.4 Å². The van der Waals surface area contributed by atoms with Crippen LogP contribution in [0.1, 0.15) is 36.1 Å². The molecule has 0 aliphatic heterocycles. The van der Waals surface area contributed by atoms with Gasteiger partial charge in [-0.2, -0.15) is 0 Å². The fraction of sp³-hybridized carbons (Fsp3) is 0.368. The van der Waals surface area contributed by atoms with Gasteiger partial charge in [0.25, 0.3) is 0 Å². The average Bonchev–Trinajstić information content (AvgIpc) is 3.16. The Hall–Kier alpha value is -2.60. The van der Waals surface area contributed by atoms with Gasteiger partial charge in [-0.25, -0.2) is 0 Å². The molecule has 3 aromatic rings. The van der Waals surface area contributed by atoms with E-state index in [4.69, 9.17) is 8.94 Å². The predicted molar refractivity (Wildman–Crippen MR) is 93.1 cm³/mol. The normalized spacial score (nSPS) is 13.8. The van der Waals surface area contributed by atoms with Crippen molar-refractivity contribution in [1.29, 1.82) is 0 Å². The van der Waals surface area contributed by atoms with Crippen molar-refractivity contribution >= 4 is 16.9 Å². The average molecular weight is 342 g/mol. The number of aromatic nitrogens is 1. The molecule has 0 spiro atoms. The Bertz CT molecular complexity index is 839. The molecule has 2 aromatic heterocycles. The Morgan fingerprint density at radius 1 is 1.32 bits per heavy atom. The summed E-state index contributed by atoms with van der Waals surface area (Å²) in [5, 5.41) is 18.2. The second kappa shape index (κ2) is 6.72. The molecule has 2 heterocycles. The fourth-order valence-corrected chi connectivity index (χ4v) is 2.79. The summed E-state index contributed by atoms with van der Waals surface area (Å²) in [6.07, 6.45) is 0.860. The molecule has 0 bridgehead atoms. The molecule has 132 valence electrons. The zero-order valence-electron chi connectivity index (χ0n) is 14.6. The summed E-state index contributed by atoms with van der Waals surface area (Å²) >= 11 is 0. The molecule has 6 heteroatoms. The molecule has 0 fully saturated rings. The minimum Gasteiger partial charge on any atom is -0.458 e.